The van der Waals surface area contributed by atoms with Crippen molar-refractivity contribution < 1.29 is 9.53 Å². The first-order valence-corrected chi connectivity index (χ1v) is 11.1. The number of rotatable bonds is 7. The van der Waals surface area contributed by atoms with E-state index in [0.717, 1.165) is 51.1 Å². The second-order valence-corrected chi connectivity index (χ2v) is 9.23. The van der Waals surface area contributed by atoms with Gasteiger partial charge >= 0.3 is 0 Å². The Labute approximate surface area is 169 Å². The van der Waals surface area contributed by atoms with E-state index in [0.29, 0.717) is 17.9 Å². The van der Waals surface area contributed by atoms with Gasteiger partial charge in [0.25, 0.3) is 0 Å². The molecule has 2 bridgehead atoms. The number of carbonyl (C=O) groups excluding carboxylic acids is 1. The van der Waals surface area contributed by atoms with Gasteiger partial charge in [0.2, 0.25) is 5.91 Å². The quantitative estimate of drug-likeness (QED) is 0.780. The van der Waals surface area contributed by atoms with E-state index in [1.54, 1.807) is 0 Å². The first-order valence-electron chi connectivity index (χ1n) is 11.1. The van der Waals surface area contributed by atoms with Gasteiger partial charge in [-0.15, -0.1) is 0 Å². The van der Waals surface area contributed by atoms with Crippen LogP contribution in [0, 0.1) is 31.6 Å². The SMILES string of the molecule is CCC(CC)C(=O)NC[C@H]1[C@H]2CN(Cc3c(C)nn(C)c3C)C[C@]23CC[C@H]1O3. The molecule has 1 aromatic rings. The highest BCUT2D eigenvalue weighted by Crippen LogP contribution is 2.54. The van der Waals surface area contributed by atoms with Crippen LogP contribution in [0.4, 0.5) is 0 Å². The minimum atomic E-state index is 0.0129. The van der Waals surface area contributed by atoms with Crippen LogP contribution in [0.3, 0.4) is 0 Å². The van der Waals surface area contributed by atoms with E-state index in [1.165, 1.54) is 17.7 Å². The van der Waals surface area contributed by atoms with Gasteiger partial charge in [0, 0.05) is 62.2 Å². The molecule has 3 aliphatic heterocycles. The highest BCUT2D eigenvalue weighted by atomic mass is 16.5. The predicted octanol–water partition coefficient (Wildman–Crippen LogP) is 2.57. The number of hydrogen-bond donors (Lipinski definition) is 1. The van der Waals surface area contributed by atoms with Crippen molar-refractivity contribution in [3.63, 3.8) is 0 Å². The Bertz CT molecular complexity index is 741. The molecule has 1 amide bonds. The normalized spacial score (nSPS) is 31.7. The van der Waals surface area contributed by atoms with Crippen LogP contribution in [-0.4, -0.2) is 51.9 Å². The summed E-state index contributed by atoms with van der Waals surface area (Å²) in [4.78, 5) is 15.0. The maximum Gasteiger partial charge on any atom is 0.223 e. The zero-order chi connectivity index (χ0) is 20.1. The molecule has 3 fully saturated rings. The van der Waals surface area contributed by atoms with Crippen LogP contribution in [0.1, 0.15) is 56.5 Å². The van der Waals surface area contributed by atoms with Crippen LogP contribution in [0.2, 0.25) is 0 Å². The van der Waals surface area contributed by atoms with Gasteiger partial charge in [-0.05, 0) is 39.5 Å². The van der Waals surface area contributed by atoms with E-state index in [-0.39, 0.29) is 17.4 Å². The lowest BCUT2D eigenvalue weighted by molar-refractivity contribution is -0.125. The summed E-state index contributed by atoms with van der Waals surface area (Å²) < 4.78 is 8.55. The number of nitrogens with one attached hydrogen (secondary N) is 1. The molecule has 1 spiro atoms. The number of hydrogen-bond acceptors (Lipinski definition) is 4. The minimum Gasteiger partial charge on any atom is -0.370 e. The molecule has 1 N–H and O–H groups in total. The second-order valence-electron chi connectivity index (χ2n) is 9.23. The first-order chi connectivity index (χ1) is 13.4. The fourth-order valence-electron chi connectivity index (χ4n) is 5.97. The Balaban J connectivity index is 1.42. The fourth-order valence-corrected chi connectivity index (χ4v) is 5.97. The monoisotopic (exact) mass is 388 g/mol. The van der Waals surface area contributed by atoms with Crippen molar-refractivity contribution in [2.75, 3.05) is 19.6 Å². The van der Waals surface area contributed by atoms with Crippen LogP contribution in [0.25, 0.3) is 0 Å². The lowest BCUT2D eigenvalue weighted by atomic mass is 9.73. The van der Waals surface area contributed by atoms with Crippen molar-refractivity contribution in [2.45, 2.75) is 71.6 Å². The Hall–Kier alpha value is -1.40. The maximum absolute atomic E-state index is 12.5. The molecule has 3 saturated heterocycles. The molecule has 4 rings (SSSR count). The average molecular weight is 389 g/mol. The van der Waals surface area contributed by atoms with Crippen molar-refractivity contribution in [3.8, 4) is 0 Å². The summed E-state index contributed by atoms with van der Waals surface area (Å²) in [5, 5.41) is 7.83. The van der Waals surface area contributed by atoms with Crippen LogP contribution >= 0.6 is 0 Å². The number of carbonyl (C=O) groups is 1. The van der Waals surface area contributed by atoms with Crippen LogP contribution in [0.15, 0.2) is 0 Å². The highest BCUT2D eigenvalue weighted by molar-refractivity contribution is 5.78. The van der Waals surface area contributed by atoms with Crippen LogP contribution < -0.4 is 5.32 Å². The Morgan fingerprint density at radius 3 is 2.75 bits per heavy atom. The van der Waals surface area contributed by atoms with Crippen LogP contribution in [0.5, 0.6) is 0 Å². The standard InChI is InChI=1S/C22H36N4O2/c1-6-16(7-2)21(27)23-10-17-19-12-26(13-22(19)9-8-20(17)28-22)11-18-14(3)24-25(5)15(18)4/h16-17,19-20H,6-13H2,1-5H3,(H,23,27)/t17-,19+,20+,22+/m0/s1. The zero-order valence-corrected chi connectivity index (χ0v) is 18.1. The van der Waals surface area contributed by atoms with Gasteiger partial charge in [-0.1, -0.05) is 13.8 Å². The Morgan fingerprint density at radius 1 is 1.36 bits per heavy atom. The average Bonchev–Trinajstić information content (AvgIpc) is 3.37. The molecule has 4 atom stereocenters. The third-order valence-corrected chi connectivity index (χ3v) is 7.76. The number of fused-ring (bicyclic) bond motifs is 1. The van der Waals surface area contributed by atoms with Gasteiger partial charge in [-0.2, -0.15) is 5.10 Å². The van der Waals surface area contributed by atoms with E-state index in [4.69, 9.17) is 4.74 Å². The van der Waals surface area contributed by atoms with Crippen molar-refractivity contribution in [1.82, 2.24) is 20.0 Å². The lowest BCUT2D eigenvalue weighted by Gasteiger charge is -2.30. The second kappa shape index (κ2) is 7.45. The number of aryl methyl sites for hydroxylation is 2. The van der Waals surface area contributed by atoms with E-state index in [9.17, 15) is 4.79 Å². The molecule has 6 nitrogen and oxygen atoms in total. The number of nitrogens with zero attached hydrogens (tertiary/aromatic N) is 3. The molecule has 28 heavy (non-hydrogen) atoms. The van der Waals surface area contributed by atoms with Gasteiger partial charge in [0.15, 0.2) is 0 Å². The summed E-state index contributed by atoms with van der Waals surface area (Å²) in [6.07, 6.45) is 4.47. The highest BCUT2D eigenvalue weighted by Gasteiger charge is 2.62. The Kier molecular flexibility index (Phi) is 5.29. The summed E-state index contributed by atoms with van der Waals surface area (Å²) in [6.45, 7) is 12.3. The molecule has 0 saturated carbocycles. The minimum absolute atomic E-state index is 0.0129. The van der Waals surface area contributed by atoms with E-state index < -0.39 is 0 Å². The third kappa shape index (κ3) is 3.18. The fraction of sp³-hybridized carbons (Fsp3) is 0.818. The lowest BCUT2D eigenvalue weighted by Crippen LogP contribution is -2.43. The van der Waals surface area contributed by atoms with Crippen molar-refractivity contribution in [1.29, 1.82) is 0 Å². The molecule has 156 valence electrons. The maximum atomic E-state index is 12.5. The van der Waals surface area contributed by atoms with Gasteiger partial charge in [-0.25, -0.2) is 0 Å². The van der Waals surface area contributed by atoms with E-state index >= 15 is 0 Å². The number of amides is 1. The summed E-state index contributed by atoms with van der Waals surface area (Å²) in [5.41, 5.74) is 3.76. The van der Waals surface area contributed by atoms with Gasteiger partial charge < -0.3 is 10.1 Å². The third-order valence-electron chi connectivity index (χ3n) is 7.76. The summed E-state index contributed by atoms with van der Waals surface area (Å²) in [6, 6.07) is 0. The first kappa shape index (κ1) is 19.9. The molecular formula is C22H36N4O2. The molecular weight excluding hydrogens is 352 g/mol. The molecule has 0 aliphatic carbocycles. The smallest absolute Gasteiger partial charge is 0.223 e. The summed E-state index contributed by atoms with van der Waals surface area (Å²) >= 11 is 0. The van der Waals surface area contributed by atoms with Crippen molar-refractivity contribution >= 4 is 5.91 Å². The topological polar surface area (TPSA) is 59.4 Å². The molecule has 4 heterocycles. The summed E-state index contributed by atoms with van der Waals surface area (Å²) in [5.74, 6) is 1.35. The van der Waals surface area contributed by atoms with Crippen LogP contribution in [-0.2, 0) is 23.1 Å². The number of ether oxygens (including phenoxy) is 1. The van der Waals surface area contributed by atoms with Gasteiger partial charge in [0.1, 0.15) is 0 Å². The largest absolute Gasteiger partial charge is 0.370 e. The van der Waals surface area contributed by atoms with E-state index in [1.807, 2.05) is 11.7 Å². The molecule has 0 aromatic carbocycles. The van der Waals surface area contributed by atoms with Crippen molar-refractivity contribution in [3.05, 3.63) is 17.0 Å². The summed E-state index contributed by atoms with van der Waals surface area (Å²) in [7, 11) is 2.02. The Morgan fingerprint density at radius 2 is 2.11 bits per heavy atom. The van der Waals surface area contributed by atoms with Gasteiger partial charge in [-0.3, -0.25) is 14.4 Å². The number of likely N-dealkylation sites (tertiary alicyclic amines) is 1. The molecule has 6 heteroatoms. The van der Waals surface area contributed by atoms with E-state index in [2.05, 4.69) is 43.0 Å². The predicted molar refractivity (Wildman–Crippen MR) is 109 cm³/mol. The number of aromatic nitrogens is 2. The molecule has 1 aromatic heterocycles. The molecule has 0 radical (unpaired) electrons. The molecule has 3 aliphatic rings. The zero-order valence-electron chi connectivity index (χ0n) is 18.1. The molecule has 0 unspecified atom stereocenters. The van der Waals surface area contributed by atoms with Gasteiger partial charge in [0.05, 0.1) is 17.4 Å². The van der Waals surface area contributed by atoms with Crippen molar-refractivity contribution in [2.24, 2.45) is 24.8 Å².